The second kappa shape index (κ2) is 6.50. The molecule has 0 radical (unpaired) electrons. The molecule has 0 bridgehead atoms. The van der Waals surface area contributed by atoms with E-state index in [1.807, 2.05) is 31.2 Å². The van der Waals surface area contributed by atoms with Gasteiger partial charge in [0.15, 0.2) is 0 Å². The predicted octanol–water partition coefficient (Wildman–Crippen LogP) is 3.28. The molecule has 104 valence electrons. The molecule has 0 unspecified atom stereocenters. The van der Waals surface area contributed by atoms with E-state index in [4.69, 9.17) is 16.7 Å². The van der Waals surface area contributed by atoms with Crippen molar-refractivity contribution in [1.82, 2.24) is 10.3 Å². The van der Waals surface area contributed by atoms with E-state index in [9.17, 15) is 4.79 Å². The molecule has 0 aliphatic rings. The zero-order valence-electron chi connectivity index (χ0n) is 11.0. The lowest BCUT2D eigenvalue weighted by Crippen LogP contribution is -2.19. The molecule has 2 N–H and O–H groups in total. The first-order valence-electron chi connectivity index (χ1n) is 6.24. The van der Waals surface area contributed by atoms with E-state index in [2.05, 4.69) is 10.3 Å². The molecule has 0 spiro atoms. The topological polar surface area (TPSA) is 62.2 Å². The van der Waals surface area contributed by atoms with Gasteiger partial charge in [-0.3, -0.25) is 0 Å². The zero-order chi connectivity index (χ0) is 14.5. The number of carbonyl (C=O) groups is 1. The van der Waals surface area contributed by atoms with Crippen LogP contribution in [0.2, 0.25) is 5.02 Å². The molecule has 0 saturated carbocycles. The molecule has 2 rings (SSSR count). The van der Waals surface area contributed by atoms with Crippen LogP contribution in [0.3, 0.4) is 0 Å². The van der Waals surface area contributed by atoms with E-state index in [-0.39, 0.29) is 11.7 Å². The fourth-order valence-electron chi connectivity index (χ4n) is 1.82. The van der Waals surface area contributed by atoms with Crippen molar-refractivity contribution in [3.05, 3.63) is 64.4 Å². The maximum absolute atomic E-state index is 10.8. The van der Waals surface area contributed by atoms with Crippen LogP contribution in [-0.2, 0) is 6.54 Å². The van der Waals surface area contributed by atoms with E-state index >= 15 is 0 Å². The number of halogens is 1. The summed E-state index contributed by atoms with van der Waals surface area (Å²) < 4.78 is 0. The normalized spacial score (nSPS) is 12.1. The van der Waals surface area contributed by atoms with Gasteiger partial charge in [-0.25, -0.2) is 9.78 Å². The van der Waals surface area contributed by atoms with Crippen LogP contribution in [-0.4, -0.2) is 16.1 Å². The number of carboxylic acids is 1. The third-order valence-corrected chi connectivity index (χ3v) is 3.24. The minimum absolute atomic E-state index is 0.0587. The molecule has 20 heavy (non-hydrogen) atoms. The van der Waals surface area contributed by atoms with Crippen molar-refractivity contribution in [2.75, 3.05) is 0 Å². The first-order chi connectivity index (χ1) is 9.56. The third-order valence-electron chi connectivity index (χ3n) is 2.99. The summed E-state index contributed by atoms with van der Waals surface area (Å²) in [5, 5.41) is 12.9. The average molecular weight is 291 g/mol. The highest BCUT2D eigenvalue weighted by atomic mass is 35.5. The van der Waals surface area contributed by atoms with Gasteiger partial charge in [-0.15, -0.1) is 0 Å². The first-order valence-corrected chi connectivity index (χ1v) is 6.62. The monoisotopic (exact) mass is 290 g/mol. The van der Waals surface area contributed by atoms with E-state index in [0.717, 1.165) is 5.56 Å². The number of nitrogens with one attached hydrogen (secondary N) is 1. The van der Waals surface area contributed by atoms with Gasteiger partial charge >= 0.3 is 5.97 Å². The number of hydrogen-bond acceptors (Lipinski definition) is 3. The Morgan fingerprint density at radius 2 is 2.00 bits per heavy atom. The standard InChI is InChI=1S/C15H15ClN2O2/c1-10(11-5-7-12(16)8-6-11)17-9-13-3-2-4-14(18-13)15(19)20/h2-8,10,17H,9H2,1H3,(H,19,20)/t10-/m1/s1. The quantitative estimate of drug-likeness (QED) is 0.887. The summed E-state index contributed by atoms with van der Waals surface area (Å²) >= 11 is 5.85. The summed E-state index contributed by atoms with van der Waals surface area (Å²) in [5.41, 5.74) is 1.87. The van der Waals surface area contributed by atoms with Crippen LogP contribution in [0.15, 0.2) is 42.5 Å². The molecule has 1 atom stereocenters. The molecular formula is C15H15ClN2O2. The molecule has 2 aromatic rings. The van der Waals surface area contributed by atoms with E-state index in [0.29, 0.717) is 17.3 Å². The molecule has 4 nitrogen and oxygen atoms in total. The highest BCUT2D eigenvalue weighted by molar-refractivity contribution is 6.30. The summed E-state index contributed by atoms with van der Waals surface area (Å²) in [4.78, 5) is 14.9. The van der Waals surface area contributed by atoms with Crippen LogP contribution in [0.5, 0.6) is 0 Å². The number of carboxylic acid groups (broad SMARTS) is 1. The van der Waals surface area contributed by atoms with E-state index in [1.54, 1.807) is 12.1 Å². The fourth-order valence-corrected chi connectivity index (χ4v) is 1.95. The van der Waals surface area contributed by atoms with Gasteiger partial charge in [0.25, 0.3) is 0 Å². The van der Waals surface area contributed by atoms with Crippen LogP contribution in [0.1, 0.15) is 34.7 Å². The number of aromatic carboxylic acids is 1. The third kappa shape index (κ3) is 3.79. The second-order valence-electron chi connectivity index (χ2n) is 4.47. The Morgan fingerprint density at radius 3 is 2.65 bits per heavy atom. The number of aromatic nitrogens is 1. The summed E-state index contributed by atoms with van der Waals surface area (Å²) in [6.07, 6.45) is 0. The van der Waals surface area contributed by atoms with Gasteiger partial charge in [0, 0.05) is 17.6 Å². The Balaban J connectivity index is 1.99. The average Bonchev–Trinajstić information content (AvgIpc) is 2.46. The maximum Gasteiger partial charge on any atom is 0.354 e. The number of pyridine rings is 1. The molecule has 1 aromatic carbocycles. The highest BCUT2D eigenvalue weighted by Gasteiger charge is 2.07. The summed E-state index contributed by atoms with van der Waals surface area (Å²) in [6, 6.07) is 12.7. The number of benzene rings is 1. The van der Waals surface area contributed by atoms with Crippen molar-refractivity contribution in [2.24, 2.45) is 0 Å². The lowest BCUT2D eigenvalue weighted by Gasteiger charge is -2.14. The van der Waals surface area contributed by atoms with Crippen LogP contribution in [0, 0.1) is 0 Å². The van der Waals surface area contributed by atoms with Crippen molar-refractivity contribution >= 4 is 17.6 Å². The molecule has 0 aliphatic heterocycles. The summed E-state index contributed by atoms with van der Waals surface area (Å²) in [6.45, 7) is 2.54. The molecular weight excluding hydrogens is 276 g/mol. The van der Waals surface area contributed by atoms with Crippen molar-refractivity contribution in [1.29, 1.82) is 0 Å². The van der Waals surface area contributed by atoms with Gasteiger partial charge in [0.1, 0.15) is 5.69 Å². The van der Waals surface area contributed by atoms with Gasteiger partial charge in [-0.05, 0) is 36.8 Å². The lowest BCUT2D eigenvalue weighted by molar-refractivity contribution is 0.0690. The second-order valence-corrected chi connectivity index (χ2v) is 4.91. The van der Waals surface area contributed by atoms with Gasteiger partial charge in [-0.1, -0.05) is 29.8 Å². The van der Waals surface area contributed by atoms with Gasteiger partial charge in [0.05, 0.1) is 5.69 Å². The smallest absolute Gasteiger partial charge is 0.354 e. The Morgan fingerprint density at radius 1 is 1.30 bits per heavy atom. The van der Waals surface area contributed by atoms with Crippen LogP contribution in [0.25, 0.3) is 0 Å². The molecule has 1 aromatic heterocycles. The van der Waals surface area contributed by atoms with Crippen molar-refractivity contribution in [2.45, 2.75) is 19.5 Å². The van der Waals surface area contributed by atoms with Gasteiger partial charge < -0.3 is 10.4 Å². The fraction of sp³-hybridized carbons (Fsp3) is 0.200. The predicted molar refractivity (Wildman–Crippen MR) is 77.9 cm³/mol. The van der Waals surface area contributed by atoms with Crippen LogP contribution in [0.4, 0.5) is 0 Å². The number of nitrogens with zero attached hydrogens (tertiary/aromatic N) is 1. The van der Waals surface area contributed by atoms with Crippen molar-refractivity contribution < 1.29 is 9.90 Å². The van der Waals surface area contributed by atoms with Gasteiger partial charge in [-0.2, -0.15) is 0 Å². The van der Waals surface area contributed by atoms with E-state index < -0.39 is 5.97 Å². The number of rotatable bonds is 5. The van der Waals surface area contributed by atoms with Crippen molar-refractivity contribution in [3.63, 3.8) is 0 Å². The Labute approximate surface area is 122 Å². The molecule has 0 fully saturated rings. The summed E-state index contributed by atoms with van der Waals surface area (Å²) in [7, 11) is 0. The Hall–Kier alpha value is -1.91. The number of hydrogen-bond donors (Lipinski definition) is 2. The van der Waals surface area contributed by atoms with Gasteiger partial charge in [0.2, 0.25) is 0 Å². The molecule has 0 saturated heterocycles. The van der Waals surface area contributed by atoms with E-state index in [1.165, 1.54) is 6.07 Å². The molecule has 0 aliphatic carbocycles. The van der Waals surface area contributed by atoms with Crippen LogP contribution >= 0.6 is 11.6 Å². The largest absolute Gasteiger partial charge is 0.477 e. The minimum atomic E-state index is -1.02. The Kier molecular flexibility index (Phi) is 4.71. The zero-order valence-corrected chi connectivity index (χ0v) is 11.8. The molecule has 5 heteroatoms. The first kappa shape index (κ1) is 14.5. The minimum Gasteiger partial charge on any atom is -0.477 e. The van der Waals surface area contributed by atoms with Crippen LogP contribution < -0.4 is 5.32 Å². The molecule has 1 heterocycles. The lowest BCUT2D eigenvalue weighted by atomic mass is 10.1. The SMILES string of the molecule is C[C@@H](NCc1cccc(C(=O)O)n1)c1ccc(Cl)cc1. The summed E-state index contributed by atoms with van der Waals surface area (Å²) in [5.74, 6) is -1.02. The maximum atomic E-state index is 10.8. The Bertz CT molecular complexity index is 599. The molecule has 0 amide bonds. The van der Waals surface area contributed by atoms with Crippen molar-refractivity contribution in [3.8, 4) is 0 Å². The highest BCUT2D eigenvalue weighted by Crippen LogP contribution is 2.16.